The molecule has 2 aliphatic heterocycles. The number of fused-ring (bicyclic) bond motifs is 3. The SMILES string of the molecule is CC1(C)CCC2(CC1)NC(C(=O)NC1CCC(O)(CS(C)(=O)=O)CC1)CC21C(=O)Nc2ccccc21. The zero-order chi connectivity index (χ0) is 26.0. The first-order chi connectivity index (χ1) is 16.8. The van der Waals surface area contributed by atoms with Gasteiger partial charge < -0.3 is 15.7 Å². The number of carbonyl (C=O) groups excluding carboxylic acids is 2. The molecule has 2 heterocycles. The quantitative estimate of drug-likeness (QED) is 0.486. The van der Waals surface area contributed by atoms with Crippen molar-refractivity contribution in [1.29, 1.82) is 0 Å². The van der Waals surface area contributed by atoms with Crippen LogP contribution in [0.3, 0.4) is 0 Å². The lowest BCUT2D eigenvalue weighted by molar-refractivity contribution is -0.124. The molecular formula is C27H39N3O5S. The van der Waals surface area contributed by atoms with E-state index in [1.54, 1.807) is 0 Å². The predicted octanol–water partition coefficient (Wildman–Crippen LogP) is 2.41. The van der Waals surface area contributed by atoms with Gasteiger partial charge in [-0.25, -0.2) is 8.42 Å². The highest BCUT2D eigenvalue weighted by Gasteiger charge is 2.67. The highest BCUT2D eigenvalue weighted by molar-refractivity contribution is 7.90. The summed E-state index contributed by atoms with van der Waals surface area (Å²) in [5, 5.41) is 20.6. The second-order valence-corrected chi connectivity index (χ2v) is 14.8. The molecule has 9 heteroatoms. The third-order valence-corrected chi connectivity index (χ3v) is 10.4. The zero-order valence-corrected chi connectivity index (χ0v) is 22.3. The van der Waals surface area contributed by atoms with Crippen LogP contribution in [0.1, 0.15) is 77.2 Å². The number of amides is 2. The predicted molar refractivity (Wildman–Crippen MR) is 138 cm³/mol. The van der Waals surface area contributed by atoms with E-state index < -0.39 is 32.4 Å². The van der Waals surface area contributed by atoms with Crippen LogP contribution in [0.15, 0.2) is 24.3 Å². The van der Waals surface area contributed by atoms with Gasteiger partial charge >= 0.3 is 0 Å². The van der Waals surface area contributed by atoms with Crippen molar-refractivity contribution in [3.8, 4) is 0 Å². The Labute approximate surface area is 213 Å². The molecule has 1 aromatic rings. The Morgan fingerprint density at radius 2 is 1.72 bits per heavy atom. The number of sulfone groups is 1. The lowest BCUT2D eigenvalue weighted by Gasteiger charge is -2.49. The maximum absolute atomic E-state index is 13.7. The Kier molecular flexibility index (Phi) is 6.08. The van der Waals surface area contributed by atoms with Gasteiger partial charge in [-0.3, -0.25) is 14.9 Å². The van der Waals surface area contributed by atoms with Gasteiger partial charge in [-0.05, 0) is 74.8 Å². The van der Waals surface area contributed by atoms with Crippen LogP contribution in [-0.2, 0) is 24.8 Å². The molecule has 2 saturated carbocycles. The van der Waals surface area contributed by atoms with Gasteiger partial charge in [-0.1, -0.05) is 32.0 Å². The molecule has 36 heavy (non-hydrogen) atoms. The average Bonchev–Trinajstić information content (AvgIpc) is 3.27. The van der Waals surface area contributed by atoms with E-state index >= 15 is 0 Å². The van der Waals surface area contributed by atoms with Crippen LogP contribution < -0.4 is 16.0 Å². The topological polar surface area (TPSA) is 125 Å². The molecule has 4 N–H and O–H groups in total. The van der Waals surface area contributed by atoms with Crippen molar-refractivity contribution in [2.75, 3.05) is 17.3 Å². The average molecular weight is 518 g/mol. The molecule has 3 fully saturated rings. The number of nitrogens with one attached hydrogen (secondary N) is 3. The van der Waals surface area contributed by atoms with Crippen LogP contribution in [-0.4, -0.2) is 60.6 Å². The first kappa shape index (κ1) is 25.7. The lowest BCUT2D eigenvalue weighted by Crippen LogP contribution is -2.61. The lowest BCUT2D eigenvalue weighted by atomic mass is 9.57. The van der Waals surface area contributed by atoms with Crippen LogP contribution in [0, 0.1) is 5.41 Å². The first-order valence-corrected chi connectivity index (χ1v) is 15.2. The van der Waals surface area contributed by atoms with Crippen LogP contribution in [0.4, 0.5) is 5.69 Å². The fourth-order valence-electron chi connectivity index (χ4n) is 7.32. The molecule has 2 amide bonds. The molecule has 2 aliphatic carbocycles. The summed E-state index contributed by atoms with van der Waals surface area (Å²) < 4.78 is 23.4. The number of carbonyl (C=O) groups is 2. The number of hydrogen-bond acceptors (Lipinski definition) is 6. The Hall–Kier alpha value is -1.97. The van der Waals surface area contributed by atoms with Gasteiger partial charge in [-0.15, -0.1) is 0 Å². The fraction of sp³-hybridized carbons (Fsp3) is 0.704. The highest BCUT2D eigenvalue weighted by Crippen LogP contribution is 2.58. The van der Waals surface area contributed by atoms with Gasteiger partial charge in [0.05, 0.1) is 22.8 Å². The number of hydrogen-bond donors (Lipinski definition) is 4. The van der Waals surface area contributed by atoms with Crippen molar-refractivity contribution in [1.82, 2.24) is 10.6 Å². The summed E-state index contributed by atoms with van der Waals surface area (Å²) >= 11 is 0. The normalized spacial score (nSPS) is 34.9. The van der Waals surface area contributed by atoms with E-state index in [0.29, 0.717) is 32.1 Å². The Balaban J connectivity index is 1.35. The maximum atomic E-state index is 13.7. The summed E-state index contributed by atoms with van der Waals surface area (Å²) in [7, 11) is -3.29. The molecule has 2 unspecified atom stereocenters. The second-order valence-electron chi connectivity index (χ2n) is 12.6. The number of para-hydroxylation sites is 1. The van der Waals surface area contributed by atoms with Gasteiger partial charge in [0.25, 0.3) is 0 Å². The minimum absolute atomic E-state index is 0.0188. The Morgan fingerprint density at radius 1 is 1.08 bits per heavy atom. The molecule has 0 bridgehead atoms. The summed E-state index contributed by atoms with van der Waals surface area (Å²) in [5.41, 5.74) is -0.468. The standard InChI is InChI=1S/C27H39N3O5S/c1-24(2)12-14-26(15-13-24)27(19-6-4-5-7-20(19)29-23(27)32)16-21(30-26)22(31)28-18-8-10-25(33,11-9-18)17-36(3,34)35/h4-7,18,21,30,33H,8-17H2,1-3H3,(H,28,31)(H,29,32). The Bertz CT molecular complexity index is 1160. The van der Waals surface area contributed by atoms with E-state index in [9.17, 15) is 23.1 Å². The van der Waals surface area contributed by atoms with Gasteiger partial charge in [0, 0.05) is 23.5 Å². The molecule has 4 aliphatic rings. The molecule has 1 saturated heterocycles. The molecular weight excluding hydrogens is 478 g/mol. The van der Waals surface area contributed by atoms with E-state index in [2.05, 4.69) is 29.8 Å². The zero-order valence-electron chi connectivity index (χ0n) is 21.5. The summed E-state index contributed by atoms with van der Waals surface area (Å²) in [6.07, 6.45) is 6.88. The van der Waals surface area contributed by atoms with Gasteiger partial charge in [-0.2, -0.15) is 0 Å². The summed E-state index contributed by atoms with van der Waals surface area (Å²) in [4.78, 5) is 27.2. The van der Waals surface area contributed by atoms with Crippen molar-refractivity contribution >= 4 is 27.3 Å². The molecule has 2 atom stereocenters. The third-order valence-electron chi connectivity index (χ3n) is 9.37. The van der Waals surface area contributed by atoms with E-state index in [1.807, 2.05) is 24.3 Å². The highest BCUT2D eigenvalue weighted by atomic mass is 32.2. The number of aliphatic hydroxyl groups is 1. The molecule has 198 valence electrons. The molecule has 5 rings (SSSR count). The molecule has 0 aromatic heterocycles. The van der Waals surface area contributed by atoms with E-state index in [-0.39, 0.29) is 29.0 Å². The second kappa shape index (κ2) is 8.53. The van der Waals surface area contributed by atoms with Crippen molar-refractivity contribution in [2.24, 2.45) is 5.41 Å². The maximum Gasteiger partial charge on any atom is 0.237 e. The fourth-order valence-corrected chi connectivity index (χ4v) is 8.58. The minimum Gasteiger partial charge on any atom is -0.389 e. The number of benzene rings is 1. The monoisotopic (exact) mass is 517 g/mol. The molecule has 8 nitrogen and oxygen atoms in total. The summed E-state index contributed by atoms with van der Waals surface area (Å²) in [6.45, 7) is 4.53. The number of rotatable bonds is 4. The van der Waals surface area contributed by atoms with E-state index in [1.165, 1.54) is 0 Å². The minimum atomic E-state index is -3.29. The molecule has 0 radical (unpaired) electrons. The smallest absolute Gasteiger partial charge is 0.237 e. The van der Waals surface area contributed by atoms with Gasteiger partial charge in [0.2, 0.25) is 11.8 Å². The number of anilines is 1. The van der Waals surface area contributed by atoms with Gasteiger partial charge in [0.15, 0.2) is 0 Å². The summed E-state index contributed by atoms with van der Waals surface area (Å²) in [5.74, 6) is -0.387. The molecule has 1 aromatic carbocycles. The van der Waals surface area contributed by atoms with Crippen molar-refractivity contribution in [3.05, 3.63) is 29.8 Å². The van der Waals surface area contributed by atoms with Crippen molar-refractivity contribution < 1.29 is 23.1 Å². The van der Waals surface area contributed by atoms with Crippen LogP contribution in [0.5, 0.6) is 0 Å². The van der Waals surface area contributed by atoms with E-state index in [0.717, 1.165) is 43.2 Å². The van der Waals surface area contributed by atoms with E-state index in [4.69, 9.17) is 0 Å². The van der Waals surface area contributed by atoms with Gasteiger partial charge in [0.1, 0.15) is 9.84 Å². The largest absolute Gasteiger partial charge is 0.389 e. The summed E-state index contributed by atoms with van der Waals surface area (Å²) in [6, 6.07) is 7.24. The van der Waals surface area contributed by atoms with Crippen LogP contribution in [0.2, 0.25) is 0 Å². The molecule has 2 spiro atoms. The van der Waals surface area contributed by atoms with Crippen molar-refractivity contribution in [3.63, 3.8) is 0 Å². The first-order valence-electron chi connectivity index (χ1n) is 13.2. The Morgan fingerprint density at radius 3 is 2.36 bits per heavy atom. The van der Waals surface area contributed by atoms with Crippen LogP contribution >= 0.6 is 0 Å². The third kappa shape index (κ3) is 4.37. The van der Waals surface area contributed by atoms with Crippen molar-refractivity contribution in [2.45, 2.75) is 100 Å². The van der Waals surface area contributed by atoms with Crippen LogP contribution in [0.25, 0.3) is 0 Å².